The van der Waals surface area contributed by atoms with Crippen LogP contribution in [0.15, 0.2) is 42.5 Å². The van der Waals surface area contributed by atoms with E-state index in [0.717, 1.165) is 65.6 Å². The molecule has 0 saturated carbocycles. The van der Waals surface area contributed by atoms with E-state index in [1.807, 2.05) is 43.3 Å². The maximum Gasteiger partial charge on any atom is 0.305 e. The third kappa shape index (κ3) is 12.6. The van der Waals surface area contributed by atoms with Crippen molar-refractivity contribution in [1.82, 2.24) is 0 Å². The van der Waals surface area contributed by atoms with Crippen LogP contribution in [0, 0.1) is 6.92 Å². The van der Waals surface area contributed by atoms with Crippen LogP contribution in [0.4, 0.5) is 0 Å². The number of aryl methyl sites for hydroxylation is 1. The first-order valence-corrected chi connectivity index (χ1v) is 17.7. The van der Waals surface area contributed by atoms with Crippen LogP contribution in [-0.4, -0.2) is 63.8 Å². The zero-order chi connectivity index (χ0) is 33.9. The average Bonchev–Trinajstić information content (AvgIpc) is 3.08. The molecule has 8 nitrogen and oxygen atoms in total. The van der Waals surface area contributed by atoms with Gasteiger partial charge in [-0.25, -0.2) is 0 Å². The molecule has 2 atom stereocenters. The number of fused-ring (bicyclic) bond motifs is 2. The molecule has 0 aliphatic heterocycles. The molecule has 3 aromatic rings. The Kier molecular flexibility index (Phi) is 17.4. The molecule has 8 heteroatoms. The Morgan fingerprint density at radius 1 is 0.574 bits per heavy atom. The molecule has 0 fully saturated rings. The first kappa shape index (κ1) is 38.1. The largest absolute Gasteiger partial charge is 0.488 e. The molecule has 3 rings (SSSR count). The van der Waals surface area contributed by atoms with Gasteiger partial charge in [0.05, 0.1) is 13.2 Å². The Morgan fingerprint density at radius 2 is 1.04 bits per heavy atom. The number of carbonyl (C=O) groups is 2. The summed E-state index contributed by atoms with van der Waals surface area (Å²) >= 11 is 0. The fourth-order valence-electron chi connectivity index (χ4n) is 5.34. The summed E-state index contributed by atoms with van der Waals surface area (Å²) < 4.78 is 36.3. The molecule has 260 valence electrons. The number of esters is 2. The van der Waals surface area contributed by atoms with Gasteiger partial charge in [0.15, 0.2) is 12.2 Å². The average molecular weight is 653 g/mol. The van der Waals surface area contributed by atoms with Gasteiger partial charge in [-0.05, 0) is 25.8 Å². The van der Waals surface area contributed by atoms with Crippen LogP contribution in [0.25, 0.3) is 21.5 Å². The van der Waals surface area contributed by atoms with Gasteiger partial charge in [0.1, 0.15) is 24.7 Å². The Labute approximate surface area is 281 Å². The molecule has 0 aliphatic carbocycles. The number of rotatable bonds is 24. The number of carbonyl (C=O) groups excluding carboxylic acids is 2. The minimum atomic E-state index is -0.542. The smallest absolute Gasteiger partial charge is 0.305 e. The summed E-state index contributed by atoms with van der Waals surface area (Å²) in [4.78, 5) is 24.5. The lowest BCUT2D eigenvalue weighted by molar-refractivity contribution is -0.154. The predicted octanol–water partition coefficient (Wildman–Crippen LogP) is 8.90. The summed E-state index contributed by atoms with van der Waals surface area (Å²) in [6.45, 7) is 12.0. The normalized spacial score (nSPS) is 12.6. The highest BCUT2D eigenvalue weighted by Gasteiger charge is 2.22. The maximum absolute atomic E-state index is 12.3. The fraction of sp³-hybridized carbons (Fsp3) is 0.590. The summed E-state index contributed by atoms with van der Waals surface area (Å²) in [5.74, 6) is 0.806. The van der Waals surface area contributed by atoms with E-state index in [9.17, 15) is 9.59 Å². The van der Waals surface area contributed by atoms with Gasteiger partial charge >= 0.3 is 11.9 Å². The number of benzene rings is 3. The van der Waals surface area contributed by atoms with E-state index in [0.29, 0.717) is 24.7 Å². The van der Waals surface area contributed by atoms with Crippen molar-refractivity contribution >= 4 is 33.5 Å². The number of ether oxygens (including phenoxy) is 6. The van der Waals surface area contributed by atoms with E-state index in [1.54, 1.807) is 13.8 Å². The summed E-state index contributed by atoms with van der Waals surface area (Å²) in [6, 6.07) is 14.1. The molecular weight excluding hydrogens is 596 g/mol. The summed E-state index contributed by atoms with van der Waals surface area (Å²) in [5.41, 5.74) is 1.07. The van der Waals surface area contributed by atoms with E-state index < -0.39 is 12.2 Å². The van der Waals surface area contributed by atoms with Gasteiger partial charge < -0.3 is 28.4 Å². The predicted molar refractivity (Wildman–Crippen MR) is 187 cm³/mol. The van der Waals surface area contributed by atoms with Crippen LogP contribution in [0.3, 0.4) is 0 Å². The van der Waals surface area contributed by atoms with Crippen LogP contribution in [0.5, 0.6) is 11.5 Å². The van der Waals surface area contributed by atoms with Gasteiger partial charge in [0, 0.05) is 47.6 Å². The standard InChI is InChI=1S/C39H56O8/c1-6-10-12-16-22-42-25-30(46-36(40)8-3)27-44-38-32-18-14-15-19-33(32)39(35-24-29(5)20-21-34(35)38)45-28-31(47-37(41)9-4)26-43-23-17-13-11-7-2/h14-15,18-21,24,30-31H,6-13,16-17,22-23,25-28H2,1-5H3. The molecule has 0 spiro atoms. The molecule has 0 amide bonds. The van der Waals surface area contributed by atoms with Gasteiger partial charge in [-0.2, -0.15) is 0 Å². The van der Waals surface area contributed by atoms with Crippen molar-refractivity contribution in [2.45, 2.75) is 111 Å². The van der Waals surface area contributed by atoms with Crippen molar-refractivity contribution < 1.29 is 38.0 Å². The minimum absolute atomic E-state index is 0.151. The molecule has 3 aromatic carbocycles. The molecule has 0 heterocycles. The summed E-state index contributed by atoms with van der Waals surface area (Å²) in [5, 5.41) is 3.50. The summed E-state index contributed by atoms with van der Waals surface area (Å²) in [7, 11) is 0. The Hall–Kier alpha value is -3.36. The van der Waals surface area contributed by atoms with Crippen LogP contribution >= 0.6 is 0 Å². The van der Waals surface area contributed by atoms with E-state index in [2.05, 4.69) is 19.9 Å². The molecule has 0 saturated heterocycles. The fourth-order valence-corrected chi connectivity index (χ4v) is 5.34. The molecule has 47 heavy (non-hydrogen) atoms. The lowest BCUT2D eigenvalue weighted by atomic mass is 9.99. The number of unbranched alkanes of at least 4 members (excludes halogenated alkanes) is 6. The third-order valence-electron chi connectivity index (χ3n) is 7.97. The van der Waals surface area contributed by atoms with Gasteiger partial charge in [-0.1, -0.05) is 108 Å². The Morgan fingerprint density at radius 3 is 1.51 bits per heavy atom. The lowest BCUT2D eigenvalue weighted by Crippen LogP contribution is -2.30. The summed E-state index contributed by atoms with van der Waals surface area (Å²) in [6.07, 6.45) is 8.34. The quantitative estimate of drug-likeness (QED) is 0.0539. The van der Waals surface area contributed by atoms with E-state index >= 15 is 0 Å². The molecule has 0 bridgehead atoms. The monoisotopic (exact) mass is 652 g/mol. The molecular formula is C39H56O8. The van der Waals surface area contributed by atoms with Gasteiger partial charge in [0.2, 0.25) is 0 Å². The number of hydrogen-bond acceptors (Lipinski definition) is 8. The van der Waals surface area contributed by atoms with E-state index in [4.69, 9.17) is 28.4 Å². The third-order valence-corrected chi connectivity index (χ3v) is 7.97. The van der Waals surface area contributed by atoms with E-state index in [1.165, 1.54) is 12.8 Å². The zero-order valence-electron chi connectivity index (χ0n) is 29.3. The lowest BCUT2D eigenvalue weighted by Gasteiger charge is -2.23. The van der Waals surface area contributed by atoms with Crippen molar-refractivity contribution in [3.05, 3.63) is 48.0 Å². The Balaban J connectivity index is 1.86. The maximum atomic E-state index is 12.3. The van der Waals surface area contributed by atoms with Crippen molar-refractivity contribution in [3.8, 4) is 11.5 Å². The first-order valence-electron chi connectivity index (χ1n) is 17.7. The molecule has 0 aromatic heterocycles. The van der Waals surface area contributed by atoms with Crippen LogP contribution in [0.2, 0.25) is 0 Å². The first-order chi connectivity index (χ1) is 22.9. The van der Waals surface area contributed by atoms with Crippen molar-refractivity contribution in [3.63, 3.8) is 0 Å². The number of hydrogen-bond donors (Lipinski definition) is 0. The second kappa shape index (κ2) is 21.5. The highest BCUT2D eigenvalue weighted by molar-refractivity contribution is 6.11. The van der Waals surface area contributed by atoms with Crippen LogP contribution < -0.4 is 9.47 Å². The zero-order valence-corrected chi connectivity index (χ0v) is 29.3. The van der Waals surface area contributed by atoms with Gasteiger partial charge in [-0.3, -0.25) is 9.59 Å². The SMILES string of the molecule is CCCCCCOCC(COc1c2ccccc2c(OCC(COCCCCCC)OC(=O)CC)c2cc(C)ccc12)OC(=O)CC. The van der Waals surface area contributed by atoms with Crippen LogP contribution in [0.1, 0.15) is 97.5 Å². The Bertz CT molecular complexity index is 1370. The minimum Gasteiger partial charge on any atom is -0.488 e. The topological polar surface area (TPSA) is 89.5 Å². The molecule has 0 aliphatic rings. The van der Waals surface area contributed by atoms with Crippen molar-refractivity contribution in [2.75, 3.05) is 39.6 Å². The second-order valence-electron chi connectivity index (χ2n) is 12.1. The molecule has 0 N–H and O–H groups in total. The van der Waals surface area contributed by atoms with E-state index in [-0.39, 0.29) is 51.2 Å². The van der Waals surface area contributed by atoms with Crippen LogP contribution in [-0.2, 0) is 28.5 Å². The second-order valence-corrected chi connectivity index (χ2v) is 12.1. The molecule has 2 unspecified atom stereocenters. The van der Waals surface area contributed by atoms with Crippen molar-refractivity contribution in [1.29, 1.82) is 0 Å². The van der Waals surface area contributed by atoms with Crippen molar-refractivity contribution in [2.24, 2.45) is 0 Å². The highest BCUT2D eigenvalue weighted by Crippen LogP contribution is 2.43. The molecule has 0 radical (unpaired) electrons. The van der Waals surface area contributed by atoms with Gasteiger partial charge in [-0.15, -0.1) is 0 Å². The highest BCUT2D eigenvalue weighted by atomic mass is 16.6. The van der Waals surface area contributed by atoms with Gasteiger partial charge in [0.25, 0.3) is 0 Å².